The van der Waals surface area contributed by atoms with Crippen molar-refractivity contribution in [2.45, 2.75) is 13.8 Å². The Morgan fingerprint density at radius 2 is 2.00 bits per heavy atom. The number of benzene rings is 1. The van der Waals surface area contributed by atoms with Gasteiger partial charge in [-0.05, 0) is 49.7 Å². The van der Waals surface area contributed by atoms with Crippen LogP contribution in [0.4, 0.5) is 11.5 Å². The van der Waals surface area contributed by atoms with E-state index in [4.69, 9.17) is 21.1 Å². The predicted octanol–water partition coefficient (Wildman–Crippen LogP) is 4.52. The number of ether oxygens (including phenoxy) is 2. The lowest BCUT2D eigenvalue weighted by molar-refractivity contribution is 0.332. The smallest absolute Gasteiger partial charge is 0.246 e. The van der Waals surface area contributed by atoms with Crippen molar-refractivity contribution in [2.24, 2.45) is 0 Å². The molecule has 0 saturated heterocycles. The second-order valence-electron chi connectivity index (χ2n) is 6.35. The van der Waals surface area contributed by atoms with Gasteiger partial charge in [0.25, 0.3) is 0 Å². The highest BCUT2D eigenvalue weighted by Gasteiger charge is 2.15. The van der Waals surface area contributed by atoms with Crippen LogP contribution in [0.15, 0.2) is 42.9 Å². The van der Waals surface area contributed by atoms with Crippen molar-refractivity contribution in [3.63, 3.8) is 0 Å². The number of alkyl halides is 1. The topological polar surface area (TPSA) is 97.8 Å². The Morgan fingerprint density at radius 3 is 2.76 bits per heavy atom. The number of hydrogen-bond acceptors (Lipinski definition) is 7. The van der Waals surface area contributed by atoms with Gasteiger partial charge in [-0.1, -0.05) is 0 Å². The average Bonchev–Trinajstić information content (AvgIpc) is 3.14. The van der Waals surface area contributed by atoms with Crippen LogP contribution in [0.2, 0.25) is 0 Å². The molecular weight excluding hydrogens is 392 g/mol. The number of H-pyrrole nitrogens is 1. The first-order valence-corrected chi connectivity index (χ1v) is 9.53. The van der Waals surface area contributed by atoms with Crippen molar-refractivity contribution >= 4 is 34.1 Å². The Bertz CT molecular complexity index is 1130. The molecule has 8 nitrogen and oxygen atoms in total. The number of halogens is 1. The molecule has 9 heteroatoms. The normalized spacial score (nSPS) is 10.9. The van der Waals surface area contributed by atoms with Gasteiger partial charge in [-0.25, -0.2) is 9.97 Å². The summed E-state index contributed by atoms with van der Waals surface area (Å²) in [6.45, 7) is 4.26. The van der Waals surface area contributed by atoms with Gasteiger partial charge in [0.1, 0.15) is 35.6 Å². The van der Waals surface area contributed by atoms with E-state index in [9.17, 15) is 0 Å². The molecule has 0 amide bonds. The molecule has 0 saturated carbocycles. The van der Waals surface area contributed by atoms with E-state index in [2.05, 4.69) is 30.5 Å². The molecule has 0 aliphatic heterocycles. The molecule has 0 aliphatic carbocycles. The number of hydrogen-bond donors (Lipinski definition) is 2. The zero-order valence-electron chi connectivity index (χ0n) is 15.9. The molecule has 4 rings (SSSR count). The molecule has 0 fully saturated rings. The van der Waals surface area contributed by atoms with E-state index in [0.29, 0.717) is 41.0 Å². The van der Waals surface area contributed by atoms with Gasteiger partial charge in [0.2, 0.25) is 5.88 Å². The minimum absolute atomic E-state index is 0.342. The van der Waals surface area contributed by atoms with E-state index in [1.54, 1.807) is 6.20 Å². The van der Waals surface area contributed by atoms with Gasteiger partial charge < -0.3 is 14.8 Å². The van der Waals surface area contributed by atoms with Crippen LogP contribution < -0.4 is 14.8 Å². The van der Waals surface area contributed by atoms with Crippen LogP contribution in [0.25, 0.3) is 11.0 Å². The Morgan fingerprint density at radius 1 is 1.10 bits per heavy atom. The summed E-state index contributed by atoms with van der Waals surface area (Å²) in [6.07, 6.45) is 3.17. The molecule has 2 N–H and O–H groups in total. The number of fused-ring (bicyclic) bond motifs is 1. The first-order chi connectivity index (χ1) is 14.1. The van der Waals surface area contributed by atoms with Crippen molar-refractivity contribution < 1.29 is 9.47 Å². The third-order valence-electron chi connectivity index (χ3n) is 4.19. The summed E-state index contributed by atoms with van der Waals surface area (Å²) in [5.41, 5.74) is 3.34. The van der Waals surface area contributed by atoms with Crippen molar-refractivity contribution in [1.82, 2.24) is 25.1 Å². The van der Waals surface area contributed by atoms with Crippen LogP contribution in [-0.2, 0) is 0 Å². The second kappa shape index (κ2) is 8.32. The fourth-order valence-corrected chi connectivity index (χ4v) is 2.86. The molecule has 0 unspecified atom stereocenters. The SMILES string of the molecule is Cc1ccc(Oc2ccc(Nc3ncnc4[nH]nc(OCCCl)c34)cc2C)cn1. The highest BCUT2D eigenvalue weighted by Crippen LogP contribution is 2.32. The molecule has 0 radical (unpaired) electrons. The largest absolute Gasteiger partial charge is 0.475 e. The van der Waals surface area contributed by atoms with Gasteiger partial charge in [-0.2, -0.15) is 0 Å². The van der Waals surface area contributed by atoms with E-state index in [-0.39, 0.29) is 0 Å². The third kappa shape index (κ3) is 4.22. The fraction of sp³-hybridized carbons (Fsp3) is 0.200. The minimum Gasteiger partial charge on any atom is -0.475 e. The number of nitrogens with zero attached hydrogens (tertiary/aromatic N) is 4. The average molecular weight is 411 g/mol. The molecule has 0 atom stereocenters. The maximum absolute atomic E-state index is 5.93. The van der Waals surface area contributed by atoms with Gasteiger partial charge in [-0.3, -0.25) is 10.1 Å². The molecule has 3 aromatic heterocycles. The molecule has 0 spiro atoms. The quantitative estimate of drug-likeness (QED) is 0.432. The highest BCUT2D eigenvalue weighted by molar-refractivity contribution is 6.18. The van der Waals surface area contributed by atoms with Crippen molar-refractivity contribution in [3.8, 4) is 17.4 Å². The summed E-state index contributed by atoms with van der Waals surface area (Å²) in [5.74, 6) is 2.80. The van der Waals surface area contributed by atoms with Gasteiger partial charge in [0, 0.05) is 11.4 Å². The Labute approximate surface area is 172 Å². The summed E-state index contributed by atoms with van der Waals surface area (Å²) in [4.78, 5) is 12.8. The summed E-state index contributed by atoms with van der Waals surface area (Å²) < 4.78 is 11.5. The lowest BCUT2D eigenvalue weighted by atomic mass is 10.2. The van der Waals surface area contributed by atoms with Crippen molar-refractivity contribution in [2.75, 3.05) is 17.8 Å². The lowest BCUT2D eigenvalue weighted by Crippen LogP contribution is -2.01. The standard InChI is InChI=1S/C20H19ClN6O2/c1-12-9-14(4-6-16(12)29-15-5-3-13(2)22-10-15)25-18-17-19(24-11-23-18)26-27-20(17)28-8-7-21/h3-6,9-11H,7-8H2,1-2H3,(H2,23,24,25,26,27). The van der Waals surface area contributed by atoms with E-state index in [0.717, 1.165) is 22.7 Å². The molecular formula is C20H19ClN6O2. The van der Waals surface area contributed by atoms with Gasteiger partial charge in [-0.15, -0.1) is 16.7 Å². The highest BCUT2D eigenvalue weighted by atomic mass is 35.5. The zero-order chi connectivity index (χ0) is 20.2. The summed E-state index contributed by atoms with van der Waals surface area (Å²) in [7, 11) is 0. The summed E-state index contributed by atoms with van der Waals surface area (Å²) in [5, 5.41) is 11.0. The van der Waals surface area contributed by atoms with Gasteiger partial charge >= 0.3 is 0 Å². The molecule has 3 heterocycles. The van der Waals surface area contributed by atoms with Gasteiger partial charge in [0.05, 0.1) is 12.1 Å². The van der Waals surface area contributed by atoms with Gasteiger partial charge in [0.15, 0.2) is 5.65 Å². The van der Waals surface area contributed by atoms with Crippen LogP contribution in [0.5, 0.6) is 17.4 Å². The Kier molecular flexibility index (Phi) is 5.44. The van der Waals surface area contributed by atoms with Crippen LogP contribution in [0.3, 0.4) is 0 Å². The monoisotopic (exact) mass is 410 g/mol. The third-order valence-corrected chi connectivity index (χ3v) is 4.34. The number of aromatic nitrogens is 5. The first kappa shape index (κ1) is 18.9. The van der Waals surface area contributed by atoms with Crippen LogP contribution >= 0.6 is 11.6 Å². The van der Waals surface area contributed by atoms with E-state index in [1.807, 2.05) is 44.2 Å². The zero-order valence-corrected chi connectivity index (χ0v) is 16.7. The molecule has 1 aromatic carbocycles. The van der Waals surface area contributed by atoms with E-state index >= 15 is 0 Å². The van der Waals surface area contributed by atoms with E-state index < -0.39 is 0 Å². The minimum atomic E-state index is 0.342. The first-order valence-electron chi connectivity index (χ1n) is 9.00. The number of rotatable bonds is 7. The molecule has 148 valence electrons. The Hall–Kier alpha value is -3.39. The fourth-order valence-electron chi connectivity index (χ4n) is 2.79. The van der Waals surface area contributed by atoms with Crippen molar-refractivity contribution in [1.29, 1.82) is 0 Å². The maximum Gasteiger partial charge on any atom is 0.246 e. The van der Waals surface area contributed by atoms with E-state index in [1.165, 1.54) is 6.33 Å². The second-order valence-corrected chi connectivity index (χ2v) is 6.73. The molecule has 0 aliphatic rings. The molecule has 0 bridgehead atoms. The number of aryl methyl sites for hydroxylation is 2. The Balaban J connectivity index is 1.57. The number of nitrogens with one attached hydrogen (secondary N) is 2. The van der Waals surface area contributed by atoms with Crippen molar-refractivity contribution in [3.05, 3.63) is 54.1 Å². The predicted molar refractivity (Wildman–Crippen MR) is 111 cm³/mol. The number of pyridine rings is 1. The lowest BCUT2D eigenvalue weighted by Gasteiger charge is -2.12. The van der Waals surface area contributed by atoms with Crippen LogP contribution in [-0.4, -0.2) is 37.6 Å². The molecule has 29 heavy (non-hydrogen) atoms. The van der Waals surface area contributed by atoms with Crippen LogP contribution in [0.1, 0.15) is 11.3 Å². The summed E-state index contributed by atoms with van der Waals surface area (Å²) in [6, 6.07) is 9.60. The summed E-state index contributed by atoms with van der Waals surface area (Å²) >= 11 is 5.71. The van der Waals surface area contributed by atoms with Crippen LogP contribution in [0, 0.1) is 13.8 Å². The number of anilines is 2. The molecule has 4 aromatic rings. The maximum atomic E-state index is 5.93. The number of aromatic amines is 1.